The van der Waals surface area contributed by atoms with Gasteiger partial charge >= 0.3 is 5.97 Å². The van der Waals surface area contributed by atoms with Gasteiger partial charge in [0, 0.05) is 0 Å². The van der Waals surface area contributed by atoms with Crippen molar-refractivity contribution < 1.29 is 14.6 Å². The normalized spacial score (nSPS) is 11.3. The minimum atomic E-state index is -1.11. The Morgan fingerprint density at radius 2 is 1.88 bits per heavy atom. The van der Waals surface area contributed by atoms with Crippen LogP contribution in [0.5, 0.6) is 5.75 Å². The average molecular weight is 236 g/mol. The van der Waals surface area contributed by atoms with Crippen LogP contribution >= 0.6 is 0 Å². The molecule has 0 amide bonds. The van der Waals surface area contributed by atoms with E-state index in [0.717, 1.165) is 11.1 Å². The molecule has 0 saturated heterocycles. The molecule has 0 spiro atoms. The molecule has 1 rings (SSSR count). The molecule has 0 aliphatic carbocycles. The number of carboxylic acid groups (broad SMARTS) is 1. The summed E-state index contributed by atoms with van der Waals surface area (Å²) < 4.78 is 5.77. The molecule has 0 bridgehead atoms. The first kappa shape index (κ1) is 13.6. The fraction of sp³-hybridized carbons (Fsp3) is 0.500. The van der Waals surface area contributed by atoms with E-state index in [4.69, 9.17) is 4.74 Å². The molecule has 0 atom stereocenters. The molecule has 0 unspecified atom stereocenters. The SMILES string of the molecule is CCC(CC)(Oc1cc(C)ccc1C)C(=O)O. The maximum atomic E-state index is 11.4. The number of rotatable bonds is 5. The Morgan fingerprint density at radius 1 is 1.29 bits per heavy atom. The quantitative estimate of drug-likeness (QED) is 0.853. The maximum absolute atomic E-state index is 11.4. The van der Waals surface area contributed by atoms with E-state index in [1.807, 2.05) is 45.9 Å². The van der Waals surface area contributed by atoms with Crippen LogP contribution in [0.25, 0.3) is 0 Å². The van der Waals surface area contributed by atoms with Gasteiger partial charge in [-0.2, -0.15) is 0 Å². The van der Waals surface area contributed by atoms with Crippen molar-refractivity contribution in [2.75, 3.05) is 0 Å². The van der Waals surface area contributed by atoms with E-state index in [9.17, 15) is 9.90 Å². The Labute approximate surface area is 102 Å². The molecule has 1 aromatic carbocycles. The Morgan fingerprint density at radius 3 is 2.35 bits per heavy atom. The number of hydrogen-bond donors (Lipinski definition) is 1. The summed E-state index contributed by atoms with van der Waals surface area (Å²) in [5.41, 5.74) is 0.915. The molecular formula is C14H20O3. The number of carbonyl (C=O) groups is 1. The van der Waals surface area contributed by atoms with Gasteiger partial charge in [-0.1, -0.05) is 26.0 Å². The van der Waals surface area contributed by atoms with Gasteiger partial charge < -0.3 is 9.84 Å². The zero-order valence-electron chi connectivity index (χ0n) is 10.9. The van der Waals surface area contributed by atoms with Crippen molar-refractivity contribution in [1.29, 1.82) is 0 Å². The molecule has 94 valence electrons. The molecule has 0 heterocycles. The highest BCUT2D eigenvalue weighted by atomic mass is 16.5. The van der Waals surface area contributed by atoms with Crippen molar-refractivity contribution in [1.82, 2.24) is 0 Å². The first-order valence-corrected chi connectivity index (χ1v) is 5.95. The van der Waals surface area contributed by atoms with Gasteiger partial charge in [0.15, 0.2) is 0 Å². The predicted octanol–water partition coefficient (Wildman–Crippen LogP) is 3.33. The highest BCUT2D eigenvalue weighted by molar-refractivity contribution is 5.77. The Balaban J connectivity index is 3.09. The Kier molecular flexibility index (Phi) is 4.16. The molecule has 1 aromatic rings. The second-order valence-corrected chi connectivity index (χ2v) is 4.38. The van der Waals surface area contributed by atoms with Crippen molar-refractivity contribution in [2.24, 2.45) is 0 Å². The third-order valence-electron chi connectivity index (χ3n) is 3.18. The molecule has 0 aliphatic rings. The van der Waals surface area contributed by atoms with Crippen LogP contribution in [-0.4, -0.2) is 16.7 Å². The van der Waals surface area contributed by atoms with E-state index in [-0.39, 0.29) is 0 Å². The first-order valence-electron chi connectivity index (χ1n) is 5.95. The first-order chi connectivity index (χ1) is 7.95. The van der Waals surface area contributed by atoms with Crippen molar-refractivity contribution >= 4 is 5.97 Å². The van der Waals surface area contributed by atoms with Crippen LogP contribution in [0.1, 0.15) is 37.8 Å². The van der Waals surface area contributed by atoms with E-state index in [2.05, 4.69) is 0 Å². The van der Waals surface area contributed by atoms with Crippen LogP contribution in [0.4, 0.5) is 0 Å². The molecule has 3 nitrogen and oxygen atoms in total. The largest absolute Gasteiger partial charge is 0.478 e. The zero-order chi connectivity index (χ0) is 13.1. The van der Waals surface area contributed by atoms with Crippen LogP contribution in [0.15, 0.2) is 18.2 Å². The smallest absolute Gasteiger partial charge is 0.348 e. The van der Waals surface area contributed by atoms with Crippen molar-refractivity contribution in [3.63, 3.8) is 0 Å². The maximum Gasteiger partial charge on any atom is 0.348 e. The minimum absolute atomic E-state index is 0.451. The van der Waals surface area contributed by atoms with Crippen LogP contribution in [0.3, 0.4) is 0 Å². The number of hydrogen-bond acceptors (Lipinski definition) is 2. The van der Waals surface area contributed by atoms with E-state index in [1.54, 1.807) is 0 Å². The molecule has 3 heteroatoms. The molecule has 1 N–H and O–H groups in total. The third-order valence-corrected chi connectivity index (χ3v) is 3.18. The monoisotopic (exact) mass is 236 g/mol. The van der Waals surface area contributed by atoms with E-state index in [0.29, 0.717) is 18.6 Å². The van der Waals surface area contributed by atoms with E-state index < -0.39 is 11.6 Å². The van der Waals surface area contributed by atoms with Gasteiger partial charge in [0.1, 0.15) is 5.75 Å². The lowest BCUT2D eigenvalue weighted by molar-refractivity contribution is -0.156. The van der Waals surface area contributed by atoms with Crippen LogP contribution in [-0.2, 0) is 4.79 Å². The Bertz CT molecular complexity index is 406. The van der Waals surface area contributed by atoms with Gasteiger partial charge in [-0.3, -0.25) is 0 Å². The molecule has 17 heavy (non-hydrogen) atoms. The summed E-state index contributed by atoms with van der Waals surface area (Å²) >= 11 is 0. The predicted molar refractivity (Wildman–Crippen MR) is 67.5 cm³/mol. The summed E-state index contributed by atoms with van der Waals surface area (Å²) in [4.78, 5) is 11.4. The molecule has 0 aliphatic heterocycles. The number of aliphatic carboxylic acids is 1. The van der Waals surface area contributed by atoms with Crippen LogP contribution in [0.2, 0.25) is 0 Å². The number of carboxylic acids is 1. The van der Waals surface area contributed by atoms with Crippen molar-refractivity contribution in [3.05, 3.63) is 29.3 Å². The second-order valence-electron chi connectivity index (χ2n) is 4.38. The van der Waals surface area contributed by atoms with Crippen LogP contribution < -0.4 is 4.74 Å². The second kappa shape index (κ2) is 5.21. The lowest BCUT2D eigenvalue weighted by Crippen LogP contribution is -2.43. The summed E-state index contributed by atoms with van der Waals surface area (Å²) in [7, 11) is 0. The van der Waals surface area contributed by atoms with Gasteiger partial charge in [-0.05, 0) is 43.9 Å². The van der Waals surface area contributed by atoms with E-state index in [1.165, 1.54) is 0 Å². The average Bonchev–Trinajstić information content (AvgIpc) is 2.30. The third kappa shape index (κ3) is 2.78. The minimum Gasteiger partial charge on any atom is -0.478 e. The number of benzene rings is 1. The topological polar surface area (TPSA) is 46.5 Å². The van der Waals surface area contributed by atoms with Gasteiger partial charge in [0.05, 0.1) is 0 Å². The molecule has 0 radical (unpaired) electrons. The summed E-state index contributed by atoms with van der Waals surface area (Å²) in [5.74, 6) is -0.237. The molecule has 0 fully saturated rings. The lowest BCUT2D eigenvalue weighted by Gasteiger charge is -2.29. The summed E-state index contributed by atoms with van der Waals surface area (Å²) in [6.45, 7) is 7.56. The van der Waals surface area contributed by atoms with Gasteiger partial charge in [-0.15, -0.1) is 0 Å². The fourth-order valence-electron chi connectivity index (χ4n) is 1.77. The fourth-order valence-corrected chi connectivity index (χ4v) is 1.77. The van der Waals surface area contributed by atoms with Gasteiger partial charge in [-0.25, -0.2) is 4.79 Å². The molecule has 0 saturated carbocycles. The standard InChI is InChI=1S/C14H20O3/c1-5-14(6-2,13(15)16)17-12-9-10(3)7-8-11(12)4/h7-9H,5-6H2,1-4H3,(H,15,16). The lowest BCUT2D eigenvalue weighted by atomic mass is 9.97. The van der Waals surface area contributed by atoms with Gasteiger partial charge in [0.25, 0.3) is 0 Å². The van der Waals surface area contributed by atoms with E-state index >= 15 is 0 Å². The zero-order valence-corrected chi connectivity index (χ0v) is 10.9. The molecular weight excluding hydrogens is 216 g/mol. The summed E-state index contributed by atoms with van der Waals surface area (Å²) in [6, 6.07) is 5.82. The number of ether oxygens (including phenoxy) is 1. The van der Waals surface area contributed by atoms with Crippen LogP contribution in [0, 0.1) is 13.8 Å². The van der Waals surface area contributed by atoms with Crippen molar-refractivity contribution in [2.45, 2.75) is 46.1 Å². The number of aryl methyl sites for hydroxylation is 2. The highest BCUT2D eigenvalue weighted by Crippen LogP contribution is 2.28. The highest BCUT2D eigenvalue weighted by Gasteiger charge is 2.37. The van der Waals surface area contributed by atoms with Gasteiger partial charge in [0.2, 0.25) is 5.60 Å². The summed E-state index contributed by atoms with van der Waals surface area (Å²) in [5, 5.41) is 9.32. The Hall–Kier alpha value is -1.51. The molecule has 0 aromatic heterocycles. The van der Waals surface area contributed by atoms with Crippen molar-refractivity contribution in [3.8, 4) is 5.75 Å². The summed E-state index contributed by atoms with van der Waals surface area (Å²) in [6.07, 6.45) is 0.901.